The molecule has 0 saturated carbocycles. The third-order valence-electron chi connectivity index (χ3n) is 6.25. The number of anilines is 1. The fourth-order valence-electron chi connectivity index (χ4n) is 4.51. The van der Waals surface area contributed by atoms with Crippen LogP contribution in [0.5, 0.6) is 17.2 Å². The second-order valence-corrected chi connectivity index (χ2v) is 9.48. The highest BCUT2D eigenvalue weighted by Gasteiger charge is 2.34. The van der Waals surface area contributed by atoms with Crippen molar-refractivity contribution in [1.29, 1.82) is 0 Å². The second-order valence-electron chi connectivity index (χ2n) is 9.48. The number of tetrazole rings is 1. The molecule has 1 saturated heterocycles. The van der Waals surface area contributed by atoms with Gasteiger partial charge >= 0.3 is 0 Å². The molecule has 0 aliphatic carbocycles. The molecule has 0 N–H and O–H groups in total. The van der Waals surface area contributed by atoms with Crippen LogP contribution in [0.2, 0.25) is 0 Å². The normalized spacial score (nSPS) is 15.7. The van der Waals surface area contributed by atoms with E-state index in [4.69, 9.17) is 14.2 Å². The molecule has 0 amide bonds. The molecule has 0 radical (unpaired) electrons. The molecule has 35 heavy (non-hydrogen) atoms. The molecule has 1 unspecified atom stereocenters. The van der Waals surface area contributed by atoms with Crippen LogP contribution in [0, 0.1) is 5.82 Å². The van der Waals surface area contributed by atoms with E-state index in [1.54, 1.807) is 21.3 Å². The lowest BCUT2D eigenvalue weighted by molar-refractivity contribution is 0.190. The summed E-state index contributed by atoms with van der Waals surface area (Å²) >= 11 is 0. The van der Waals surface area contributed by atoms with Crippen LogP contribution in [0.15, 0.2) is 36.4 Å². The number of methoxy groups -OCH3 is 3. The summed E-state index contributed by atoms with van der Waals surface area (Å²) in [4.78, 5) is 4.61. The van der Waals surface area contributed by atoms with Gasteiger partial charge in [0.1, 0.15) is 5.82 Å². The average molecular weight is 485 g/mol. The van der Waals surface area contributed by atoms with Gasteiger partial charge < -0.3 is 19.1 Å². The Balaban J connectivity index is 1.73. The lowest BCUT2D eigenvalue weighted by Crippen LogP contribution is -2.48. The van der Waals surface area contributed by atoms with Crippen molar-refractivity contribution in [3.05, 3.63) is 53.6 Å². The Morgan fingerprint density at radius 1 is 0.886 bits per heavy atom. The van der Waals surface area contributed by atoms with Crippen LogP contribution in [0.25, 0.3) is 0 Å². The van der Waals surface area contributed by atoms with Crippen LogP contribution in [-0.4, -0.2) is 72.6 Å². The van der Waals surface area contributed by atoms with Crippen LogP contribution in [0.4, 0.5) is 10.1 Å². The standard InChI is InChI=1S/C25H33FN6O3/c1-25(2,3)32-24(27-28-29-32)22(17-15-20(33-4)23(35-6)21(16-17)34-5)31-13-11-30(12-14-31)19-9-7-18(26)8-10-19/h7-10,15-16,22H,11-14H2,1-6H3. The fourth-order valence-corrected chi connectivity index (χ4v) is 4.51. The van der Waals surface area contributed by atoms with Crippen LogP contribution in [-0.2, 0) is 5.54 Å². The number of aromatic nitrogens is 4. The van der Waals surface area contributed by atoms with Crippen LogP contribution >= 0.6 is 0 Å². The number of ether oxygens (including phenoxy) is 3. The summed E-state index contributed by atoms with van der Waals surface area (Å²) in [6, 6.07) is 10.3. The summed E-state index contributed by atoms with van der Waals surface area (Å²) in [5.41, 5.74) is 1.64. The maximum absolute atomic E-state index is 13.4. The maximum Gasteiger partial charge on any atom is 0.203 e. The van der Waals surface area contributed by atoms with Gasteiger partial charge in [0.05, 0.1) is 32.9 Å². The number of nitrogens with zero attached hydrogens (tertiary/aromatic N) is 6. The van der Waals surface area contributed by atoms with Gasteiger partial charge in [-0.25, -0.2) is 9.07 Å². The van der Waals surface area contributed by atoms with Gasteiger partial charge in [-0.3, -0.25) is 4.90 Å². The highest BCUT2D eigenvalue weighted by Crippen LogP contribution is 2.42. The summed E-state index contributed by atoms with van der Waals surface area (Å²) < 4.78 is 32.1. The number of hydrogen-bond acceptors (Lipinski definition) is 8. The largest absolute Gasteiger partial charge is 0.493 e. The first-order valence-corrected chi connectivity index (χ1v) is 11.6. The SMILES string of the molecule is COc1cc(C(c2nnnn2C(C)(C)C)N2CCN(c3ccc(F)cc3)CC2)cc(OC)c1OC. The second kappa shape index (κ2) is 10.1. The molecule has 188 valence electrons. The van der Waals surface area contributed by atoms with Crippen molar-refractivity contribution < 1.29 is 18.6 Å². The van der Waals surface area contributed by atoms with Crippen molar-refractivity contribution in [1.82, 2.24) is 25.1 Å². The molecule has 0 bridgehead atoms. The lowest BCUT2D eigenvalue weighted by Gasteiger charge is -2.40. The zero-order valence-corrected chi connectivity index (χ0v) is 21.2. The van der Waals surface area contributed by atoms with Gasteiger partial charge in [0.25, 0.3) is 0 Å². The van der Waals surface area contributed by atoms with E-state index in [0.717, 1.165) is 43.3 Å². The smallest absolute Gasteiger partial charge is 0.203 e. The number of halogens is 1. The summed E-state index contributed by atoms with van der Waals surface area (Å²) in [5.74, 6) is 2.19. The predicted octanol–water partition coefficient (Wildman–Crippen LogP) is 3.50. The Kier molecular flexibility index (Phi) is 7.11. The Bertz CT molecular complexity index is 1110. The first kappa shape index (κ1) is 24.7. The Hall–Kier alpha value is -3.40. The molecule has 1 aliphatic rings. The first-order valence-electron chi connectivity index (χ1n) is 11.6. The Labute approximate surface area is 205 Å². The van der Waals surface area contributed by atoms with Gasteiger partial charge in [0, 0.05) is 31.9 Å². The quantitative estimate of drug-likeness (QED) is 0.504. The Morgan fingerprint density at radius 2 is 1.49 bits per heavy atom. The van der Waals surface area contributed by atoms with E-state index in [9.17, 15) is 4.39 Å². The van der Waals surface area contributed by atoms with Crippen molar-refractivity contribution in [2.24, 2.45) is 0 Å². The molecular formula is C25H33FN6O3. The molecule has 2 aromatic carbocycles. The van der Waals surface area contributed by atoms with E-state index < -0.39 is 0 Å². The highest BCUT2D eigenvalue weighted by atomic mass is 19.1. The van der Waals surface area contributed by atoms with Crippen LogP contribution < -0.4 is 19.1 Å². The molecule has 1 atom stereocenters. The molecule has 4 rings (SSSR count). The van der Waals surface area contributed by atoms with E-state index in [1.165, 1.54) is 12.1 Å². The third kappa shape index (κ3) is 5.02. The molecule has 1 aromatic heterocycles. The zero-order chi connectivity index (χ0) is 25.2. The Morgan fingerprint density at radius 3 is 2.00 bits per heavy atom. The van der Waals surface area contributed by atoms with Crippen molar-refractivity contribution in [2.45, 2.75) is 32.4 Å². The zero-order valence-electron chi connectivity index (χ0n) is 21.2. The van der Waals surface area contributed by atoms with Crippen LogP contribution in [0.1, 0.15) is 38.2 Å². The predicted molar refractivity (Wildman–Crippen MR) is 131 cm³/mol. The van der Waals surface area contributed by atoms with E-state index in [0.29, 0.717) is 17.2 Å². The van der Waals surface area contributed by atoms with E-state index in [-0.39, 0.29) is 17.4 Å². The maximum atomic E-state index is 13.4. The monoisotopic (exact) mass is 484 g/mol. The summed E-state index contributed by atoms with van der Waals surface area (Å²) in [6.07, 6.45) is 0. The number of hydrogen-bond donors (Lipinski definition) is 0. The van der Waals surface area contributed by atoms with Gasteiger partial charge in [0.15, 0.2) is 17.3 Å². The summed E-state index contributed by atoms with van der Waals surface area (Å²) in [5, 5.41) is 12.8. The topological polar surface area (TPSA) is 77.8 Å². The van der Waals surface area contributed by atoms with E-state index in [2.05, 4.69) is 46.1 Å². The van der Waals surface area contributed by atoms with Gasteiger partial charge in [-0.2, -0.15) is 0 Å². The molecule has 10 heteroatoms. The lowest BCUT2D eigenvalue weighted by atomic mass is 10.00. The average Bonchev–Trinajstić information content (AvgIpc) is 3.34. The third-order valence-corrected chi connectivity index (χ3v) is 6.25. The van der Waals surface area contributed by atoms with Crippen molar-refractivity contribution >= 4 is 5.69 Å². The minimum Gasteiger partial charge on any atom is -0.493 e. The minimum absolute atomic E-state index is 0.233. The number of piperazine rings is 1. The van der Waals surface area contributed by atoms with Gasteiger partial charge in [-0.1, -0.05) is 0 Å². The summed E-state index contributed by atoms with van der Waals surface area (Å²) in [6.45, 7) is 9.31. The van der Waals surface area contributed by atoms with E-state index >= 15 is 0 Å². The number of rotatable bonds is 7. The fraction of sp³-hybridized carbons (Fsp3) is 0.480. The van der Waals surface area contributed by atoms with Gasteiger partial charge in [-0.05, 0) is 73.2 Å². The molecule has 1 fully saturated rings. The highest BCUT2D eigenvalue weighted by molar-refractivity contribution is 5.55. The molecule has 3 aromatic rings. The summed E-state index contributed by atoms with van der Waals surface area (Å²) in [7, 11) is 4.81. The van der Waals surface area contributed by atoms with Crippen molar-refractivity contribution in [2.75, 3.05) is 52.4 Å². The van der Waals surface area contributed by atoms with E-state index in [1.807, 2.05) is 28.9 Å². The van der Waals surface area contributed by atoms with Crippen molar-refractivity contribution in [3.8, 4) is 17.2 Å². The minimum atomic E-state index is -0.312. The molecule has 2 heterocycles. The first-order chi connectivity index (χ1) is 16.8. The molecule has 0 spiro atoms. The molecular weight excluding hydrogens is 451 g/mol. The van der Waals surface area contributed by atoms with Crippen molar-refractivity contribution in [3.63, 3.8) is 0 Å². The van der Waals surface area contributed by atoms with Crippen LogP contribution in [0.3, 0.4) is 0 Å². The van der Waals surface area contributed by atoms with Gasteiger partial charge in [-0.15, -0.1) is 5.10 Å². The number of benzene rings is 2. The molecule has 1 aliphatic heterocycles. The molecule has 9 nitrogen and oxygen atoms in total. The van der Waals surface area contributed by atoms with Gasteiger partial charge in [0.2, 0.25) is 5.75 Å².